The van der Waals surface area contributed by atoms with Crippen LogP contribution in [-0.2, 0) is 24.2 Å². The lowest BCUT2D eigenvalue weighted by atomic mass is 9.82. The van der Waals surface area contributed by atoms with Crippen molar-refractivity contribution in [3.63, 3.8) is 0 Å². The first-order chi connectivity index (χ1) is 11.3. The number of aromatic nitrogens is 3. The lowest BCUT2D eigenvalue weighted by molar-refractivity contribution is 0.0767. The molecule has 24 heavy (non-hydrogen) atoms. The number of guanidine groups is 1. The summed E-state index contributed by atoms with van der Waals surface area (Å²) in [7, 11) is 1.87. The van der Waals surface area contributed by atoms with Crippen LogP contribution >= 0.6 is 24.0 Å². The first kappa shape index (κ1) is 16.6. The molecular weight excluding hydrogens is 419 g/mol. The van der Waals surface area contributed by atoms with Gasteiger partial charge in [-0.15, -0.1) is 34.2 Å². The van der Waals surface area contributed by atoms with Gasteiger partial charge in [-0.25, -0.2) is 0 Å². The van der Waals surface area contributed by atoms with Gasteiger partial charge in [-0.1, -0.05) is 0 Å². The number of fused-ring (bicyclic) bond motifs is 6. The van der Waals surface area contributed by atoms with Crippen molar-refractivity contribution in [2.75, 3.05) is 20.1 Å². The minimum absolute atomic E-state index is 0. The Kier molecular flexibility index (Phi) is 4.44. The Morgan fingerprint density at radius 2 is 2.00 bits per heavy atom. The maximum Gasteiger partial charge on any atom is 0.194 e. The molecule has 0 amide bonds. The number of rotatable bonds is 2. The average molecular weight is 444 g/mol. The van der Waals surface area contributed by atoms with Gasteiger partial charge in [0, 0.05) is 44.9 Å². The number of aliphatic imine (C=N–C) groups is 1. The van der Waals surface area contributed by atoms with Gasteiger partial charge in [0.05, 0.1) is 18.8 Å². The second-order valence-corrected chi connectivity index (χ2v) is 7.21. The van der Waals surface area contributed by atoms with Gasteiger partial charge in [0.1, 0.15) is 5.82 Å². The number of aryl methyl sites for hydroxylation is 1. The molecule has 1 aromatic rings. The summed E-state index contributed by atoms with van der Waals surface area (Å²) in [6.45, 7) is 3.90. The van der Waals surface area contributed by atoms with E-state index in [2.05, 4.69) is 30.0 Å². The molecule has 3 saturated heterocycles. The topological polar surface area (TPSA) is 67.6 Å². The molecule has 0 radical (unpaired) electrons. The van der Waals surface area contributed by atoms with E-state index in [1.54, 1.807) is 0 Å². The van der Waals surface area contributed by atoms with Crippen LogP contribution in [0.2, 0.25) is 0 Å². The van der Waals surface area contributed by atoms with E-state index in [0.717, 1.165) is 43.7 Å². The van der Waals surface area contributed by atoms with Gasteiger partial charge in [-0.2, -0.15) is 0 Å². The van der Waals surface area contributed by atoms with Crippen LogP contribution in [0.1, 0.15) is 30.9 Å². The van der Waals surface area contributed by atoms with Crippen molar-refractivity contribution < 1.29 is 4.74 Å². The van der Waals surface area contributed by atoms with Crippen LogP contribution in [0.25, 0.3) is 0 Å². The van der Waals surface area contributed by atoms with Gasteiger partial charge in [-0.3, -0.25) is 4.99 Å². The molecule has 5 heterocycles. The molecule has 4 atom stereocenters. The fourth-order valence-corrected chi connectivity index (χ4v) is 4.96. The Hall–Kier alpha value is -0.900. The number of hydrogen-bond acceptors (Lipinski definition) is 4. The quantitative estimate of drug-likeness (QED) is 0.420. The highest BCUT2D eigenvalue weighted by Gasteiger charge is 2.53. The minimum Gasteiger partial charge on any atom is -0.374 e. The van der Waals surface area contributed by atoms with Gasteiger partial charge >= 0.3 is 0 Å². The van der Waals surface area contributed by atoms with Crippen molar-refractivity contribution in [1.82, 2.24) is 25.0 Å². The van der Waals surface area contributed by atoms with Crippen molar-refractivity contribution in [3.8, 4) is 0 Å². The van der Waals surface area contributed by atoms with Crippen LogP contribution in [-0.4, -0.2) is 58.0 Å². The van der Waals surface area contributed by atoms with Gasteiger partial charge in [0.25, 0.3) is 0 Å². The Morgan fingerprint density at radius 1 is 1.25 bits per heavy atom. The summed E-state index contributed by atoms with van der Waals surface area (Å²) in [5.41, 5.74) is 0. The third-order valence-electron chi connectivity index (χ3n) is 6.05. The van der Waals surface area contributed by atoms with E-state index < -0.39 is 0 Å². The van der Waals surface area contributed by atoms with Crippen LogP contribution in [0.3, 0.4) is 0 Å². The number of nitrogens with one attached hydrogen (secondary N) is 1. The summed E-state index contributed by atoms with van der Waals surface area (Å²) in [4.78, 5) is 6.90. The average Bonchev–Trinajstić information content (AvgIpc) is 3.33. The Bertz CT molecular complexity index is 629. The van der Waals surface area contributed by atoms with Crippen LogP contribution in [0.5, 0.6) is 0 Å². The third kappa shape index (κ3) is 2.53. The van der Waals surface area contributed by atoms with E-state index >= 15 is 0 Å². The number of ether oxygens (including phenoxy) is 1. The monoisotopic (exact) mass is 444 g/mol. The molecule has 132 valence electrons. The summed E-state index contributed by atoms with van der Waals surface area (Å²) in [5, 5.41) is 12.1. The lowest BCUT2D eigenvalue weighted by Gasteiger charge is -2.23. The molecule has 8 heteroatoms. The van der Waals surface area contributed by atoms with Crippen LogP contribution in [0.15, 0.2) is 4.99 Å². The Labute approximate surface area is 159 Å². The van der Waals surface area contributed by atoms with E-state index in [-0.39, 0.29) is 24.0 Å². The highest BCUT2D eigenvalue weighted by molar-refractivity contribution is 14.0. The standard InChI is InChI=1S/C16H24N6O.HI/c1-17-16(18-7-15-20-19-14-3-2-6-22(14)15)21-8-10-11(9-21)13-5-4-12(10)23-13;/h10-13H,2-9H2,1H3,(H,17,18);1H. The van der Waals surface area contributed by atoms with E-state index in [4.69, 9.17) is 4.74 Å². The molecule has 3 fully saturated rings. The molecule has 1 N–H and O–H groups in total. The minimum atomic E-state index is 0. The zero-order chi connectivity index (χ0) is 15.4. The molecule has 4 aliphatic rings. The zero-order valence-electron chi connectivity index (χ0n) is 14.0. The molecule has 4 unspecified atom stereocenters. The van der Waals surface area contributed by atoms with Gasteiger partial charge in [0.2, 0.25) is 0 Å². The summed E-state index contributed by atoms with van der Waals surface area (Å²) >= 11 is 0. The maximum atomic E-state index is 6.06. The summed E-state index contributed by atoms with van der Waals surface area (Å²) in [5.74, 6) is 4.55. The summed E-state index contributed by atoms with van der Waals surface area (Å²) < 4.78 is 8.30. The normalized spacial score (nSPS) is 33.5. The second-order valence-electron chi connectivity index (χ2n) is 7.21. The number of nitrogens with zero attached hydrogens (tertiary/aromatic N) is 5. The molecular formula is C16H25IN6O. The largest absolute Gasteiger partial charge is 0.374 e. The zero-order valence-corrected chi connectivity index (χ0v) is 16.3. The van der Waals surface area contributed by atoms with Crippen molar-refractivity contribution in [2.24, 2.45) is 16.8 Å². The Morgan fingerprint density at radius 3 is 2.71 bits per heavy atom. The van der Waals surface area contributed by atoms with E-state index in [1.807, 2.05) is 7.05 Å². The molecule has 0 spiro atoms. The molecule has 1 aromatic heterocycles. The second kappa shape index (κ2) is 6.44. The number of likely N-dealkylation sites (tertiary alicyclic amines) is 1. The Balaban J connectivity index is 0.00000146. The van der Waals surface area contributed by atoms with Crippen LogP contribution in [0.4, 0.5) is 0 Å². The maximum absolute atomic E-state index is 6.06. The van der Waals surface area contributed by atoms with Crippen LogP contribution < -0.4 is 5.32 Å². The first-order valence-corrected chi connectivity index (χ1v) is 8.85. The van der Waals surface area contributed by atoms with Crippen molar-refractivity contribution in [2.45, 2.75) is 51.0 Å². The smallest absolute Gasteiger partial charge is 0.194 e. The van der Waals surface area contributed by atoms with Gasteiger partial charge in [-0.05, 0) is 19.3 Å². The van der Waals surface area contributed by atoms with E-state index in [1.165, 1.54) is 19.3 Å². The van der Waals surface area contributed by atoms with Crippen molar-refractivity contribution in [1.29, 1.82) is 0 Å². The summed E-state index contributed by atoms with van der Waals surface area (Å²) in [6, 6.07) is 0. The predicted molar refractivity (Wildman–Crippen MR) is 100 cm³/mol. The molecule has 7 nitrogen and oxygen atoms in total. The highest BCUT2D eigenvalue weighted by atomic mass is 127. The summed E-state index contributed by atoms with van der Waals surface area (Å²) in [6.07, 6.45) is 5.72. The third-order valence-corrected chi connectivity index (χ3v) is 6.05. The van der Waals surface area contributed by atoms with Gasteiger partial charge in [0.15, 0.2) is 11.8 Å². The van der Waals surface area contributed by atoms with Gasteiger partial charge < -0.3 is 19.5 Å². The van der Waals surface area contributed by atoms with E-state index in [0.29, 0.717) is 30.6 Å². The lowest BCUT2D eigenvalue weighted by Crippen LogP contribution is -2.41. The van der Waals surface area contributed by atoms with Crippen LogP contribution in [0, 0.1) is 11.8 Å². The number of hydrogen-bond donors (Lipinski definition) is 1. The number of halogens is 1. The molecule has 4 aliphatic heterocycles. The molecule has 2 bridgehead atoms. The van der Waals surface area contributed by atoms with Crippen molar-refractivity contribution >= 4 is 29.9 Å². The SMILES string of the molecule is CN=C(NCc1nnc2n1CCC2)N1CC2C3CCC(O3)C2C1.I. The fourth-order valence-electron chi connectivity index (χ4n) is 4.96. The van der Waals surface area contributed by atoms with E-state index in [9.17, 15) is 0 Å². The predicted octanol–water partition coefficient (Wildman–Crippen LogP) is 1.03. The first-order valence-electron chi connectivity index (χ1n) is 8.85. The molecule has 0 saturated carbocycles. The molecule has 0 aromatic carbocycles. The van der Waals surface area contributed by atoms with Crippen molar-refractivity contribution in [3.05, 3.63) is 11.6 Å². The fraction of sp³-hybridized carbons (Fsp3) is 0.812. The molecule has 0 aliphatic carbocycles. The molecule has 5 rings (SSSR count). The highest BCUT2D eigenvalue weighted by Crippen LogP contribution is 2.47.